The van der Waals surface area contributed by atoms with Crippen LogP contribution in [0.3, 0.4) is 0 Å². The van der Waals surface area contributed by atoms with E-state index >= 15 is 0 Å². The number of carbonyl (C=O) groups excluding carboxylic acids is 2. The van der Waals surface area contributed by atoms with Gasteiger partial charge >= 0.3 is 6.18 Å². The highest BCUT2D eigenvalue weighted by molar-refractivity contribution is 8.00. The van der Waals surface area contributed by atoms with Gasteiger partial charge in [-0.25, -0.2) is 0 Å². The number of alkyl halides is 3. The van der Waals surface area contributed by atoms with Crippen molar-refractivity contribution in [2.45, 2.75) is 29.7 Å². The number of anilines is 2. The third-order valence-corrected chi connectivity index (χ3v) is 6.89. The Labute approximate surface area is 196 Å². The molecule has 0 saturated carbocycles. The second kappa shape index (κ2) is 10.4. The molecule has 2 N–H and O–H groups in total. The molecule has 32 heavy (non-hydrogen) atoms. The number of halogens is 4. The Balaban J connectivity index is 1.70. The van der Waals surface area contributed by atoms with E-state index in [9.17, 15) is 22.8 Å². The molecule has 0 aliphatic heterocycles. The lowest BCUT2D eigenvalue weighted by Gasteiger charge is -2.17. The van der Waals surface area contributed by atoms with Crippen molar-refractivity contribution in [1.82, 2.24) is 0 Å². The molecule has 1 unspecified atom stereocenters. The second-order valence-electron chi connectivity index (χ2n) is 6.66. The zero-order valence-corrected chi connectivity index (χ0v) is 19.1. The lowest BCUT2D eigenvalue weighted by molar-refractivity contribution is -0.137. The van der Waals surface area contributed by atoms with E-state index < -0.39 is 22.9 Å². The maximum atomic E-state index is 13.0. The van der Waals surface area contributed by atoms with Crippen molar-refractivity contribution >= 4 is 57.9 Å². The number of hydrogen-bond donors (Lipinski definition) is 2. The summed E-state index contributed by atoms with van der Waals surface area (Å²) < 4.78 is 38.9. The van der Waals surface area contributed by atoms with Crippen LogP contribution in [0.4, 0.5) is 24.5 Å². The third kappa shape index (κ3) is 6.27. The van der Waals surface area contributed by atoms with Gasteiger partial charge in [-0.15, -0.1) is 23.1 Å². The number of thioether (sulfide) groups is 1. The molecule has 1 aromatic heterocycles. The SMILES string of the molecule is CCC(Sc1cccc(NC(=O)c2cccs2)c1)C(=O)Nc1cc(C(F)(F)F)ccc1Cl. The minimum absolute atomic E-state index is 0.0180. The highest BCUT2D eigenvalue weighted by Crippen LogP contribution is 2.35. The molecule has 2 aromatic carbocycles. The van der Waals surface area contributed by atoms with E-state index in [0.717, 1.165) is 23.1 Å². The Morgan fingerprint density at radius 2 is 1.88 bits per heavy atom. The van der Waals surface area contributed by atoms with E-state index in [-0.39, 0.29) is 16.6 Å². The van der Waals surface area contributed by atoms with Crippen molar-refractivity contribution in [3.05, 3.63) is 75.4 Å². The van der Waals surface area contributed by atoms with Crippen LogP contribution in [0.1, 0.15) is 28.6 Å². The number of nitrogens with one attached hydrogen (secondary N) is 2. The molecule has 1 atom stereocenters. The van der Waals surface area contributed by atoms with Crippen LogP contribution in [0.15, 0.2) is 64.9 Å². The maximum Gasteiger partial charge on any atom is 0.416 e. The summed E-state index contributed by atoms with van der Waals surface area (Å²) in [5, 5.41) is 6.55. The molecule has 4 nitrogen and oxygen atoms in total. The van der Waals surface area contributed by atoms with Crippen molar-refractivity contribution in [2.24, 2.45) is 0 Å². The normalized spacial score (nSPS) is 12.3. The van der Waals surface area contributed by atoms with Gasteiger partial charge < -0.3 is 10.6 Å². The van der Waals surface area contributed by atoms with Crippen LogP contribution in [0.2, 0.25) is 5.02 Å². The summed E-state index contributed by atoms with van der Waals surface area (Å²) in [6.07, 6.45) is -4.12. The average Bonchev–Trinajstić information content (AvgIpc) is 3.28. The quantitative estimate of drug-likeness (QED) is 0.339. The van der Waals surface area contributed by atoms with Gasteiger partial charge in [-0.05, 0) is 54.3 Å². The third-order valence-electron chi connectivity index (χ3n) is 4.33. The van der Waals surface area contributed by atoms with E-state index in [1.807, 2.05) is 5.38 Å². The summed E-state index contributed by atoms with van der Waals surface area (Å²) in [6.45, 7) is 1.80. The standard InChI is InChI=1S/C22H18ClF3N2O2S2/c1-2-18(20(29)28-17-11-13(22(24,25)26)8-9-16(17)23)32-15-6-3-5-14(12-15)27-21(30)19-7-4-10-31-19/h3-12,18H,2H2,1H3,(H,27,30)(H,28,29). The van der Waals surface area contributed by atoms with Crippen LogP contribution in [-0.2, 0) is 11.0 Å². The Morgan fingerprint density at radius 3 is 2.53 bits per heavy atom. The first-order valence-corrected chi connectivity index (χ1v) is 11.6. The Morgan fingerprint density at radius 1 is 1.09 bits per heavy atom. The van der Waals surface area contributed by atoms with Gasteiger partial charge in [0.25, 0.3) is 5.91 Å². The fourth-order valence-electron chi connectivity index (χ4n) is 2.74. The molecule has 0 spiro atoms. The van der Waals surface area contributed by atoms with Crippen molar-refractivity contribution in [2.75, 3.05) is 10.6 Å². The average molecular weight is 499 g/mol. The minimum Gasteiger partial charge on any atom is -0.324 e. The zero-order valence-electron chi connectivity index (χ0n) is 16.7. The molecule has 0 aliphatic carbocycles. The predicted molar refractivity (Wildman–Crippen MR) is 124 cm³/mol. The highest BCUT2D eigenvalue weighted by Gasteiger charge is 2.31. The smallest absolute Gasteiger partial charge is 0.324 e. The van der Waals surface area contributed by atoms with Crippen molar-refractivity contribution in [3.8, 4) is 0 Å². The van der Waals surface area contributed by atoms with Crippen LogP contribution >= 0.6 is 34.7 Å². The van der Waals surface area contributed by atoms with E-state index in [0.29, 0.717) is 17.0 Å². The summed E-state index contributed by atoms with van der Waals surface area (Å²) in [5.74, 6) is -0.696. The van der Waals surface area contributed by atoms with Crippen molar-refractivity contribution < 1.29 is 22.8 Å². The van der Waals surface area contributed by atoms with Crippen molar-refractivity contribution in [3.63, 3.8) is 0 Å². The van der Waals surface area contributed by atoms with Crippen LogP contribution in [0, 0.1) is 0 Å². The summed E-state index contributed by atoms with van der Waals surface area (Å²) in [7, 11) is 0. The summed E-state index contributed by atoms with van der Waals surface area (Å²) >= 11 is 8.55. The lowest BCUT2D eigenvalue weighted by atomic mass is 10.2. The predicted octanol–water partition coefficient (Wildman–Crippen LogP) is 7.18. The summed E-state index contributed by atoms with van der Waals surface area (Å²) in [5.41, 5.74) is -0.417. The Bertz CT molecular complexity index is 1100. The number of hydrogen-bond acceptors (Lipinski definition) is 4. The van der Waals surface area contributed by atoms with Gasteiger partial charge in [0.05, 0.1) is 26.4 Å². The fourth-order valence-corrected chi connectivity index (χ4v) is 4.54. The summed E-state index contributed by atoms with van der Waals surface area (Å²) in [4.78, 5) is 26.3. The molecule has 10 heteroatoms. The Kier molecular flexibility index (Phi) is 7.86. The molecular weight excluding hydrogens is 481 g/mol. The van der Waals surface area contributed by atoms with E-state index in [1.165, 1.54) is 23.1 Å². The lowest BCUT2D eigenvalue weighted by Crippen LogP contribution is -2.25. The number of thiophene rings is 1. The molecule has 0 aliphatic rings. The Hall–Kier alpha value is -2.49. The van der Waals surface area contributed by atoms with Gasteiger partial charge in [0.1, 0.15) is 0 Å². The first kappa shape index (κ1) is 24.2. The number of rotatable bonds is 7. The first-order chi connectivity index (χ1) is 15.2. The molecule has 0 fully saturated rings. The van der Waals surface area contributed by atoms with Gasteiger partial charge in [0, 0.05) is 10.6 Å². The van der Waals surface area contributed by atoms with Crippen LogP contribution in [0.25, 0.3) is 0 Å². The molecule has 0 radical (unpaired) electrons. The van der Waals surface area contributed by atoms with Gasteiger partial charge in [-0.1, -0.05) is 30.7 Å². The van der Waals surface area contributed by atoms with Crippen LogP contribution in [-0.4, -0.2) is 17.1 Å². The van der Waals surface area contributed by atoms with Gasteiger partial charge in [0.15, 0.2) is 0 Å². The molecule has 1 heterocycles. The molecule has 0 saturated heterocycles. The van der Waals surface area contributed by atoms with Gasteiger partial charge in [-0.3, -0.25) is 9.59 Å². The molecular formula is C22H18ClF3N2O2S2. The first-order valence-electron chi connectivity index (χ1n) is 9.46. The number of carbonyl (C=O) groups is 2. The van der Waals surface area contributed by atoms with E-state index in [1.54, 1.807) is 43.3 Å². The van der Waals surface area contributed by atoms with Crippen LogP contribution < -0.4 is 10.6 Å². The maximum absolute atomic E-state index is 13.0. The fraction of sp³-hybridized carbons (Fsp3) is 0.182. The largest absolute Gasteiger partial charge is 0.416 e. The molecule has 168 valence electrons. The van der Waals surface area contributed by atoms with Gasteiger partial charge in [-0.2, -0.15) is 13.2 Å². The number of benzene rings is 2. The van der Waals surface area contributed by atoms with Crippen LogP contribution in [0.5, 0.6) is 0 Å². The topological polar surface area (TPSA) is 58.2 Å². The second-order valence-corrected chi connectivity index (χ2v) is 9.29. The van der Waals surface area contributed by atoms with E-state index in [2.05, 4.69) is 10.6 Å². The van der Waals surface area contributed by atoms with Crippen molar-refractivity contribution in [1.29, 1.82) is 0 Å². The molecule has 2 amide bonds. The zero-order chi connectivity index (χ0) is 23.3. The number of amides is 2. The highest BCUT2D eigenvalue weighted by atomic mass is 35.5. The minimum atomic E-state index is -4.54. The van der Waals surface area contributed by atoms with E-state index in [4.69, 9.17) is 11.6 Å². The monoisotopic (exact) mass is 498 g/mol. The molecule has 3 aromatic rings. The summed E-state index contributed by atoms with van der Waals surface area (Å²) in [6, 6.07) is 13.3. The molecule has 3 rings (SSSR count). The van der Waals surface area contributed by atoms with Gasteiger partial charge in [0.2, 0.25) is 5.91 Å². The molecule has 0 bridgehead atoms.